The van der Waals surface area contributed by atoms with Gasteiger partial charge >= 0.3 is 0 Å². The van der Waals surface area contributed by atoms with Crippen LogP contribution in [0.25, 0.3) is 0 Å². The summed E-state index contributed by atoms with van der Waals surface area (Å²) in [4.78, 5) is 11.8. The van der Waals surface area contributed by atoms with Crippen LogP contribution < -0.4 is 14.9 Å². The Labute approximate surface area is 156 Å². The van der Waals surface area contributed by atoms with Crippen molar-refractivity contribution in [2.75, 3.05) is 13.7 Å². The van der Waals surface area contributed by atoms with Crippen molar-refractivity contribution in [3.8, 4) is 11.5 Å². The van der Waals surface area contributed by atoms with Crippen molar-refractivity contribution in [3.05, 3.63) is 58.6 Å². The second kappa shape index (κ2) is 9.84. The number of carbonyl (C=O) groups is 1. The van der Waals surface area contributed by atoms with Gasteiger partial charge in [0.1, 0.15) is 11.5 Å². The van der Waals surface area contributed by atoms with Gasteiger partial charge in [-0.2, -0.15) is 5.10 Å². The molecule has 0 unspecified atom stereocenters. The van der Waals surface area contributed by atoms with Gasteiger partial charge in [-0.3, -0.25) is 4.79 Å². The van der Waals surface area contributed by atoms with Crippen molar-refractivity contribution in [1.29, 1.82) is 0 Å². The van der Waals surface area contributed by atoms with Gasteiger partial charge in [-0.05, 0) is 61.7 Å². The molecule has 2 aromatic rings. The van der Waals surface area contributed by atoms with Crippen LogP contribution in [0.5, 0.6) is 11.5 Å². The van der Waals surface area contributed by atoms with Crippen LogP contribution in [0.15, 0.2) is 58.1 Å². The summed E-state index contributed by atoms with van der Waals surface area (Å²) in [6.07, 6.45) is 1.62. The fourth-order valence-corrected chi connectivity index (χ4v) is 2.31. The first-order valence-electron chi connectivity index (χ1n) is 7.90. The number of ether oxygens (including phenoxy) is 2. The molecule has 0 saturated carbocycles. The van der Waals surface area contributed by atoms with Gasteiger partial charge in [-0.25, -0.2) is 5.43 Å². The fraction of sp³-hybridized carbons (Fsp3) is 0.263. The number of halogens is 1. The molecule has 0 radical (unpaired) electrons. The minimum absolute atomic E-state index is 0.0725. The molecule has 6 heteroatoms. The Hall–Kier alpha value is -2.34. The van der Waals surface area contributed by atoms with Crippen molar-refractivity contribution < 1.29 is 14.3 Å². The van der Waals surface area contributed by atoms with Crippen molar-refractivity contribution in [2.24, 2.45) is 5.10 Å². The number of hydrogen-bond acceptors (Lipinski definition) is 4. The molecule has 1 amide bonds. The smallest absolute Gasteiger partial charge is 0.277 e. The minimum atomic E-state index is -0.285. The maximum absolute atomic E-state index is 11.8. The number of nitrogens with zero attached hydrogens (tertiary/aromatic N) is 1. The Bertz CT molecular complexity index is 712. The summed E-state index contributed by atoms with van der Waals surface area (Å²) in [6.45, 7) is 1.82. The molecule has 0 atom stereocenters. The number of hydrazone groups is 1. The van der Waals surface area contributed by atoms with E-state index in [1.807, 2.05) is 43.3 Å². The standard InChI is InChI=1S/C19H21BrN2O3/c1-14(3-4-15-5-9-17(24-2)10-6-15)21-22-19(23)13-25-18-11-7-16(20)8-12-18/h5-12H,3-4,13H2,1-2H3,(H,22,23)/b21-14-. The minimum Gasteiger partial charge on any atom is -0.497 e. The van der Waals surface area contributed by atoms with Crippen LogP contribution >= 0.6 is 15.9 Å². The fourth-order valence-electron chi connectivity index (χ4n) is 2.04. The van der Waals surface area contributed by atoms with E-state index < -0.39 is 0 Å². The maximum atomic E-state index is 11.8. The van der Waals surface area contributed by atoms with Gasteiger partial charge in [0.2, 0.25) is 0 Å². The molecule has 1 N–H and O–H groups in total. The Balaban J connectivity index is 1.71. The lowest BCUT2D eigenvalue weighted by atomic mass is 10.1. The van der Waals surface area contributed by atoms with Crippen LogP contribution in [0.4, 0.5) is 0 Å². The van der Waals surface area contributed by atoms with Crippen LogP contribution in [0.2, 0.25) is 0 Å². The third-order valence-corrected chi connectivity index (χ3v) is 4.02. The topological polar surface area (TPSA) is 59.9 Å². The first-order chi connectivity index (χ1) is 12.1. The molecule has 0 aliphatic heterocycles. The first-order valence-corrected chi connectivity index (χ1v) is 8.69. The number of carbonyl (C=O) groups excluding carboxylic acids is 1. The Morgan fingerprint density at radius 2 is 1.72 bits per heavy atom. The maximum Gasteiger partial charge on any atom is 0.277 e. The molecule has 0 spiro atoms. The Morgan fingerprint density at radius 1 is 1.08 bits per heavy atom. The molecule has 2 aromatic carbocycles. The predicted molar refractivity (Wildman–Crippen MR) is 102 cm³/mol. The van der Waals surface area contributed by atoms with E-state index in [9.17, 15) is 4.79 Å². The zero-order valence-corrected chi connectivity index (χ0v) is 15.9. The summed E-state index contributed by atoms with van der Waals surface area (Å²) in [5.41, 5.74) is 4.56. The molecular weight excluding hydrogens is 384 g/mol. The predicted octanol–water partition coefficient (Wildman–Crippen LogP) is 3.96. The van der Waals surface area contributed by atoms with E-state index in [1.165, 1.54) is 5.56 Å². The van der Waals surface area contributed by atoms with E-state index in [0.29, 0.717) is 5.75 Å². The van der Waals surface area contributed by atoms with Gasteiger partial charge < -0.3 is 9.47 Å². The summed E-state index contributed by atoms with van der Waals surface area (Å²) in [6, 6.07) is 15.2. The molecule has 0 aliphatic carbocycles. The van der Waals surface area contributed by atoms with E-state index in [0.717, 1.165) is 28.8 Å². The van der Waals surface area contributed by atoms with E-state index >= 15 is 0 Å². The van der Waals surface area contributed by atoms with Crippen molar-refractivity contribution >= 4 is 27.5 Å². The number of benzene rings is 2. The summed E-state index contributed by atoms with van der Waals surface area (Å²) >= 11 is 3.35. The number of amides is 1. The van der Waals surface area contributed by atoms with Gasteiger partial charge in [0, 0.05) is 10.2 Å². The van der Waals surface area contributed by atoms with Gasteiger partial charge in [0.15, 0.2) is 6.61 Å². The summed E-state index contributed by atoms with van der Waals surface area (Å²) in [7, 11) is 1.65. The lowest BCUT2D eigenvalue weighted by molar-refractivity contribution is -0.123. The van der Waals surface area contributed by atoms with Gasteiger partial charge in [-0.15, -0.1) is 0 Å². The molecule has 132 valence electrons. The normalized spacial score (nSPS) is 11.1. The van der Waals surface area contributed by atoms with Crippen LogP contribution in [0, 0.1) is 0 Å². The van der Waals surface area contributed by atoms with Gasteiger partial charge in [0.25, 0.3) is 5.91 Å². The van der Waals surface area contributed by atoms with E-state index in [-0.39, 0.29) is 12.5 Å². The molecule has 0 aliphatic rings. The molecule has 25 heavy (non-hydrogen) atoms. The Morgan fingerprint density at radius 3 is 2.36 bits per heavy atom. The number of nitrogens with one attached hydrogen (secondary N) is 1. The third-order valence-electron chi connectivity index (χ3n) is 3.49. The van der Waals surface area contributed by atoms with E-state index in [4.69, 9.17) is 9.47 Å². The summed E-state index contributed by atoms with van der Waals surface area (Å²) in [5.74, 6) is 1.19. The average Bonchev–Trinajstić information content (AvgIpc) is 2.64. The van der Waals surface area contributed by atoms with E-state index in [2.05, 4.69) is 26.5 Å². The van der Waals surface area contributed by atoms with Crippen molar-refractivity contribution in [1.82, 2.24) is 5.43 Å². The molecule has 0 fully saturated rings. The Kier molecular flexibility index (Phi) is 7.47. The molecule has 0 saturated heterocycles. The zero-order valence-electron chi connectivity index (χ0n) is 14.3. The second-order valence-corrected chi connectivity index (χ2v) is 6.39. The summed E-state index contributed by atoms with van der Waals surface area (Å²) < 4.78 is 11.5. The van der Waals surface area contributed by atoms with E-state index in [1.54, 1.807) is 19.2 Å². The first kappa shape index (κ1) is 19.0. The van der Waals surface area contributed by atoms with Crippen LogP contribution in [-0.2, 0) is 11.2 Å². The lowest BCUT2D eigenvalue weighted by Gasteiger charge is -2.06. The van der Waals surface area contributed by atoms with Crippen LogP contribution in [-0.4, -0.2) is 25.3 Å². The van der Waals surface area contributed by atoms with Crippen molar-refractivity contribution in [2.45, 2.75) is 19.8 Å². The molecule has 5 nitrogen and oxygen atoms in total. The highest BCUT2D eigenvalue weighted by Gasteiger charge is 2.03. The van der Waals surface area contributed by atoms with Crippen LogP contribution in [0.3, 0.4) is 0 Å². The third kappa shape index (κ3) is 6.97. The largest absolute Gasteiger partial charge is 0.497 e. The lowest BCUT2D eigenvalue weighted by Crippen LogP contribution is -2.25. The number of aryl methyl sites for hydroxylation is 1. The monoisotopic (exact) mass is 404 g/mol. The SMILES string of the molecule is COc1ccc(CC/C(C)=N\NC(=O)COc2ccc(Br)cc2)cc1. The number of rotatable bonds is 8. The van der Waals surface area contributed by atoms with Crippen molar-refractivity contribution in [3.63, 3.8) is 0 Å². The second-order valence-electron chi connectivity index (χ2n) is 5.47. The van der Waals surface area contributed by atoms with Gasteiger partial charge in [-0.1, -0.05) is 28.1 Å². The molecule has 2 rings (SSSR count). The molecular formula is C19H21BrN2O3. The van der Waals surface area contributed by atoms with Gasteiger partial charge in [0.05, 0.1) is 7.11 Å². The molecule has 0 aromatic heterocycles. The highest BCUT2D eigenvalue weighted by atomic mass is 79.9. The highest BCUT2D eigenvalue weighted by molar-refractivity contribution is 9.10. The summed E-state index contributed by atoms with van der Waals surface area (Å²) in [5, 5.41) is 4.10. The quantitative estimate of drug-likeness (QED) is 0.534. The number of hydrogen-bond donors (Lipinski definition) is 1. The van der Waals surface area contributed by atoms with Crippen LogP contribution in [0.1, 0.15) is 18.9 Å². The molecule has 0 heterocycles. The average molecular weight is 405 g/mol. The highest BCUT2D eigenvalue weighted by Crippen LogP contribution is 2.16. The zero-order chi connectivity index (χ0) is 18.1. The number of methoxy groups -OCH3 is 1. The molecule has 0 bridgehead atoms.